The lowest BCUT2D eigenvalue weighted by Crippen LogP contribution is -2.13. The molecular formula is C25H27NO6. The van der Waals surface area contributed by atoms with Crippen molar-refractivity contribution in [3.8, 4) is 11.5 Å². The molecule has 3 aromatic rings. The Morgan fingerprint density at radius 1 is 0.781 bits per heavy atom. The second-order valence-electron chi connectivity index (χ2n) is 6.95. The van der Waals surface area contributed by atoms with Gasteiger partial charge in [0.25, 0.3) is 0 Å². The summed E-state index contributed by atoms with van der Waals surface area (Å²) in [5.74, 6) is 1.46. The number of oxime groups is 1. The highest BCUT2D eigenvalue weighted by Crippen LogP contribution is 2.17. The molecule has 7 nitrogen and oxygen atoms in total. The van der Waals surface area contributed by atoms with Crippen molar-refractivity contribution in [3.63, 3.8) is 0 Å². The molecule has 0 unspecified atom stereocenters. The summed E-state index contributed by atoms with van der Waals surface area (Å²) in [7, 11) is 1.52. The van der Waals surface area contributed by atoms with Gasteiger partial charge < -0.3 is 29.3 Å². The number of aliphatic hydroxyl groups is 2. The SMILES string of the molecule is CO/N=C(/COc1ccc(COc2ccc(COCC(O)O)cc2)cc1)c1ccccc1. The normalized spacial score (nSPS) is 11.4. The molecule has 32 heavy (non-hydrogen) atoms. The van der Waals surface area contributed by atoms with Gasteiger partial charge in [-0.2, -0.15) is 0 Å². The number of nitrogens with zero attached hydrogens (tertiary/aromatic N) is 1. The molecular weight excluding hydrogens is 410 g/mol. The summed E-state index contributed by atoms with van der Waals surface area (Å²) < 4.78 is 16.8. The van der Waals surface area contributed by atoms with E-state index in [1.165, 1.54) is 7.11 Å². The van der Waals surface area contributed by atoms with Crippen molar-refractivity contribution in [1.82, 2.24) is 0 Å². The third kappa shape index (κ3) is 7.70. The smallest absolute Gasteiger partial charge is 0.175 e. The molecule has 0 amide bonds. The summed E-state index contributed by atoms with van der Waals surface area (Å²) in [5, 5.41) is 21.6. The molecule has 0 saturated heterocycles. The van der Waals surface area contributed by atoms with E-state index in [0.29, 0.717) is 25.5 Å². The van der Waals surface area contributed by atoms with Crippen LogP contribution in [0.4, 0.5) is 0 Å². The summed E-state index contributed by atoms with van der Waals surface area (Å²) >= 11 is 0. The van der Waals surface area contributed by atoms with Crippen LogP contribution >= 0.6 is 0 Å². The van der Waals surface area contributed by atoms with Crippen LogP contribution < -0.4 is 9.47 Å². The highest BCUT2D eigenvalue weighted by molar-refractivity contribution is 6.01. The van der Waals surface area contributed by atoms with E-state index in [1.54, 1.807) is 0 Å². The summed E-state index contributed by atoms with van der Waals surface area (Å²) in [6, 6.07) is 24.9. The third-order valence-electron chi connectivity index (χ3n) is 4.47. The van der Waals surface area contributed by atoms with E-state index < -0.39 is 6.29 Å². The van der Waals surface area contributed by atoms with Crippen LogP contribution in [0, 0.1) is 0 Å². The second-order valence-corrected chi connectivity index (χ2v) is 6.95. The largest absolute Gasteiger partial charge is 0.489 e. The molecule has 168 valence electrons. The van der Waals surface area contributed by atoms with Crippen molar-refractivity contribution in [3.05, 3.63) is 95.6 Å². The van der Waals surface area contributed by atoms with Gasteiger partial charge in [0.15, 0.2) is 6.29 Å². The maximum Gasteiger partial charge on any atom is 0.175 e. The van der Waals surface area contributed by atoms with Crippen LogP contribution in [0.3, 0.4) is 0 Å². The minimum Gasteiger partial charge on any atom is -0.489 e. The van der Waals surface area contributed by atoms with Crippen LogP contribution in [-0.2, 0) is 22.8 Å². The quantitative estimate of drug-likeness (QED) is 0.256. The van der Waals surface area contributed by atoms with E-state index in [1.807, 2.05) is 78.9 Å². The summed E-state index contributed by atoms with van der Waals surface area (Å²) in [6.45, 7) is 0.902. The van der Waals surface area contributed by atoms with Gasteiger partial charge in [0, 0.05) is 5.56 Å². The summed E-state index contributed by atoms with van der Waals surface area (Å²) in [4.78, 5) is 4.94. The van der Waals surface area contributed by atoms with Crippen LogP contribution in [0.15, 0.2) is 84.0 Å². The van der Waals surface area contributed by atoms with Crippen molar-refractivity contribution in [1.29, 1.82) is 0 Å². The Hall–Kier alpha value is -3.39. The first-order chi connectivity index (χ1) is 15.6. The molecule has 0 radical (unpaired) electrons. The number of hydrogen-bond acceptors (Lipinski definition) is 7. The third-order valence-corrected chi connectivity index (χ3v) is 4.47. The second kappa shape index (κ2) is 12.5. The Balaban J connectivity index is 1.47. The standard InChI is InChI=1S/C25H27NO6/c1-29-26-24(21-5-3-2-4-6-21)17-32-23-13-9-20(10-14-23)16-31-22-11-7-19(8-12-22)15-30-18-25(27)28/h2-14,25,27-28H,15-18H2,1H3/b26-24-. The molecule has 7 heteroatoms. The van der Waals surface area contributed by atoms with Crippen molar-refractivity contribution >= 4 is 5.71 Å². The van der Waals surface area contributed by atoms with E-state index in [2.05, 4.69) is 5.16 Å². The van der Waals surface area contributed by atoms with Gasteiger partial charge in [-0.1, -0.05) is 59.8 Å². The van der Waals surface area contributed by atoms with Gasteiger partial charge in [0.1, 0.15) is 37.5 Å². The molecule has 0 aromatic heterocycles. The molecule has 0 aliphatic carbocycles. The van der Waals surface area contributed by atoms with Gasteiger partial charge in [-0.05, 0) is 35.4 Å². The first kappa shape index (κ1) is 23.3. The number of hydrogen-bond donors (Lipinski definition) is 2. The zero-order chi connectivity index (χ0) is 22.6. The minimum absolute atomic E-state index is 0.120. The Morgan fingerprint density at radius 2 is 1.38 bits per heavy atom. The molecule has 3 aromatic carbocycles. The lowest BCUT2D eigenvalue weighted by molar-refractivity contribution is -0.0981. The molecule has 0 saturated carbocycles. The van der Waals surface area contributed by atoms with Gasteiger partial charge in [-0.25, -0.2) is 0 Å². The topological polar surface area (TPSA) is 89.7 Å². The molecule has 2 N–H and O–H groups in total. The predicted octanol–water partition coefficient (Wildman–Crippen LogP) is 3.52. The Labute approximate surface area is 187 Å². The van der Waals surface area contributed by atoms with Crippen molar-refractivity contribution in [2.75, 3.05) is 20.3 Å². The molecule has 0 bridgehead atoms. The van der Waals surface area contributed by atoms with E-state index in [9.17, 15) is 0 Å². The van der Waals surface area contributed by atoms with Gasteiger partial charge in [0.2, 0.25) is 0 Å². The number of benzene rings is 3. The van der Waals surface area contributed by atoms with Gasteiger partial charge in [-0.15, -0.1) is 0 Å². The van der Waals surface area contributed by atoms with Crippen LogP contribution in [0.1, 0.15) is 16.7 Å². The monoisotopic (exact) mass is 437 g/mol. The Kier molecular flexibility index (Phi) is 9.06. The van der Waals surface area contributed by atoms with Crippen LogP contribution in [0.2, 0.25) is 0 Å². The first-order valence-electron chi connectivity index (χ1n) is 10.2. The van der Waals surface area contributed by atoms with E-state index in [4.69, 9.17) is 29.3 Å². The fourth-order valence-corrected chi connectivity index (χ4v) is 2.87. The number of aliphatic hydroxyl groups excluding tert-OH is 1. The number of ether oxygens (including phenoxy) is 3. The molecule has 0 aliphatic rings. The van der Waals surface area contributed by atoms with E-state index in [0.717, 1.165) is 28.2 Å². The highest BCUT2D eigenvalue weighted by Gasteiger charge is 2.06. The highest BCUT2D eigenvalue weighted by atomic mass is 16.6. The first-order valence-corrected chi connectivity index (χ1v) is 10.2. The molecule has 0 atom stereocenters. The summed E-state index contributed by atoms with van der Waals surface area (Å²) in [6.07, 6.45) is -1.46. The fraction of sp³-hybridized carbons (Fsp3) is 0.240. The Bertz CT molecular complexity index is 956. The molecule has 0 fully saturated rings. The molecule has 0 aliphatic heterocycles. The average molecular weight is 437 g/mol. The lowest BCUT2D eigenvalue weighted by atomic mass is 10.1. The molecule has 0 spiro atoms. The predicted molar refractivity (Wildman–Crippen MR) is 121 cm³/mol. The van der Waals surface area contributed by atoms with E-state index in [-0.39, 0.29) is 6.61 Å². The van der Waals surface area contributed by atoms with Crippen LogP contribution in [0.25, 0.3) is 0 Å². The minimum atomic E-state index is -1.46. The van der Waals surface area contributed by atoms with Crippen LogP contribution in [-0.4, -0.2) is 42.5 Å². The maximum atomic E-state index is 8.79. The molecule has 3 rings (SSSR count). The molecule has 0 heterocycles. The van der Waals surface area contributed by atoms with Gasteiger partial charge in [0.05, 0.1) is 13.2 Å². The van der Waals surface area contributed by atoms with Crippen molar-refractivity contribution < 1.29 is 29.3 Å². The Morgan fingerprint density at radius 3 is 1.97 bits per heavy atom. The van der Waals surface area contributed by atoms with Crippen molar-refractivity contribution in [2.45, 2.75) is 19.5 Å². The zero-order valence-electron chi connectivity index (χ0n) is 17.9. The van der Waals surface area contributed by atoms with Crippen molar-refractivity contribution in [2.24, 2.45) is 5.16 Å². The van der Waals surface area contributed by atoms with E-state index >= 15 is 0 Å². The lowest BCUT2D eigenvalue weighted by Gasteiger charge is -2.11. The average Bonchev–Trinajstić information content (AvgIpc) is 2.82. The number of rotatable bonds is 12. The van der Waals surface area contributed by atoms with Gasteiger partial charge in [-0.3, -0.25) is 0 Å². The van der Waals surface area contributed by atoms with Gasteiger partial charge >= 0.3 is 0 Å². The maximum absolute atomic E-state index is 8.79. The zero-order valence-corrected chi connectivity index (χ0v) is 17.9. The fourth-order valence-electron chi connectivity index (χ4n) is 2.87. The van der Waals surface area contributed by atoms with Crippen LogP contribution in [0.5, 0.6) is 11.5 Å². The summed E-state index contributed by atoms with van der Waals surface area (Å²) in [5.41, 5.74) is 3.59.